The van der Waals surface area contributed by atoms with Crippen molar-refractivity contribution in [3.05, 3.63) is 5.01 Å². The maximum Gasteiger partial charge on any atom is 0.328 e. The Morgan fingerprint density at radius 2 is 2.25 bits per heavy atom. The molecule has 16 heavy (non-hydrogen) atoms. The van der Waals surface area contributed by atoms with E-state index in [9.17, 15) is 0 Å². The molecule has 1 fully saturated rings. The van der Waals surface area contributed by atoms with Crippen molar-refractivity contribution in [1.29, 1.82) is 0 Å². The van der Waals surface area contributed by atoms with Crippen molar-refractivity contribution < 1.29 is 4.74 Å². The minimum absolute atomic E-state index is 0.570. The Morgan fingerprint density at radius 3 is 3.00 bits per heavy atom. The molecule has 0 radical (unpaired) electrons. The normalized spacial score (nSPS) is 25.6. The molecule has 1 aromatic rings. The van der Waals surface area contributed by atoms with Gasteiger partial charge in [-0.05, 0) is 37.2 Å². The molecule has 0 bridgehead atoms. The lowest BCUT2D eigenvalue weighted by Crippen LogP contribution is -2.13. The van der Waals surface area contributed by atoms with Crippen LogP contribution in [0.2, 0.25) is 0 Å². The van der Waals surface area contributed by atoms with Gasteiger partial charge >= 0.3 is 6.01 Å². The van der Waals surface area contributed by atoms with Crippen molar-refractivity contribution in [2.75, 3.05) is 6.61 Å². The second-order valence-corrected chi connectivity index (χ2v) is 5.27. The summed E-state index contributed by atoms with van der Waals surface area (Å²) >= 11 is 1.52. The topological polar surface area (TPSA) is 35.0 Å². The van der Waals surface area contributed by atoms with E-state index in [2.05, 4.69) is 16.3 Å². The van der Waals surface area contributed by atoms with Crippen molar-refractivity contribution in [2.24, 2.45) is 5.92 Å². The van der Waals surface area contributed by atoms with Gasteiger partial charge in [-0.2, -0.15) is 4.98 Å². The van der Waals surface area contributed by atoms with Crippen molar-refractivity contribution in [2.45, 2.75) is 51.9 Å². The molecule has 0 amide bonds. The van der Waals surface area contributed by atoms with Gasteiger partial charge in [0.25, 0.3) is 0 Å². The molecule has 0 aromatic carbocycles. The Bertz CT molecular complexity index is 327. The second-order valence-electron chi connectivity index (χ2n) is 4.49. The van der Waals surface area contributed by atoms with E-state index >= 15 is 0 Å². The van der Waals surface area contributed by atoms with Crippen LogP contribution in [0.25, 0.3) is 0 Å². The highest BCUT2D eigenvalue weighted by atomic mass is 32.1. The second kappa shape index (κ2) is 5.62. The molecule has 1 aliphatic carbocycles. The highest BCUT2D eigenvalue weighted by Crippen LogP contribution is 2.38. The van der Waals surface area contributed by atoms with Crippen LogP contribution in [-0.2, 0) is 0 Å². The van der Waals surface area contributed by atoms with Gasteiger partial charge < -0.3 is 4.74 Å². The largest absolute Gasteiger partial charge is 0.463 e. The number of aromatic nitrogens is 2. The lowest BCUT2D eigenvalue weighted by atomic mass is 9.80. The van der Waals surface area contributed by atoms with E-state index < -0.39 is 0 Å². The Hall–Kier alpha value is -0.640. The molecular weight excluding hydrogens is 220 g/mol. The average Bonchev–Trinajstić information content (AvgIpc) is 2.78. The molecular formula is C12H20N2OS. The number of hydrogen-bond donors (Lipinski definition) is 0. The third-order valence-electron chi connectivity index (χ3n) is 3.41. The Morgan fingerprint density at radius 1 is 1.38 bits per heavy atom. The van der Waals surface area contributed by atoms with Gasteiger partial charge in [0.2, 0.25) is 0 Å². The first kappa shape index (κ1) is 11.8. The quantitative estimate of drug-likeness (QED) is 0.806. The van der Waals surface area contributed by atoms with Gasteiger partial charge in [-0.1, -0.05) is 26.2 Å². The van der Waals surface area contributed by atoms with Crippen LogP contribution in [0.5, 0.6) is 6.01 Å². The first-order valence-corrected chi connectivity index (χ1v) is 7.07. The number of ether oxygens (including phenoxy) is 1. The monoisotopic (exact) mass is 240 g/mol. The Labute approximate surface area is 101 Å². The first-order valence-electron chi connectivity index (χ1n) is 6.29. The van der Waals surface area contributed by atoms with E-state index in [0.29, 0.717) is 18.5 Å². The predicted molar refractivity (Wildman–Crippen MR) is 66.1 cm³/mol. The van der Waals surface area contributed by atoms with Gasteiger partial charge in [0.1, 0.15) is 5.01 Å². The molecule has 2 unspecified atom stereocenters. The molecule has 2 rings (SSSR count). The molecule has 0 spiro atoms. The van der Waals surface area contributed by atoms with Crippen LogP contribution in [-0.4, -0.2) is 16.0 Å². The molecule has 4 heteroatoms. The molecule has 90 valence electrons. The summed E-state index contributed by atoms with van der Waals surface area (Å²) in [5.74, 6) is 1.52. The van der Waals surface area contributed by atoms with Crippen LogP contribution in [0.15, 0.2) is 0 Å². The summed E-state index contributed by atoms with van der Waals surface area (Å²) in [7, 11) is 0. The maximum absolute atomic E-state index is 5.32. The molecule has 1 aromatic heterocycles. The zero-order valence-corrected chi connectivity index (χ0v) is 10.9. The smallest absolute Gasteiger partial charge is 0.328 e. The van der Waals surface area contributed by atoms with Crippen molar-refractivity contribution in [1.82, 2.24) is 9.36 Å². The zero-order chi connectivity index (χ0) is 11.4. The van der Waals surface area contributed by atoms with E-state index in [-0.39, 0.29) is 0 Å². The summed E-state index contributed by atoms with van der Waals surface area (Å²) in [6.45, 7) is 4.91. The summed E-state index contributed by atoms with van der Waals surface area (Å²) in [5.41, 5.74) is 0. The zero-order valence-electron chi connectivity index (χ0n) is 10.1. The van der Waals surface area contributed by atoms with Gasteiger partial charge in [0, 0.05) is 5.92 Å². The van der Waals surface area contributed by atoms with Crippen LogP contribution < -0.4 is 4.74 Å². The molecule has 3 nitrogen and oxygen atoms in total. The standard InChI is InChI=1S/C12H20N2OS/c1-3-9-6-5-7-10(8-9)11-13-12(14-16-11)15-4-2/h9-10H,3-8H2,1-2H3. The van der Waals surface area contributed by atoms with Crippen LogP contribution >= 0.6 is 11.5 Å². The summed E-state index contributed by atoms with van der Waals surface area (Å²) in [6, 6.07) is 0.570. The highest BCUT2D eigenvalue weighted by molar-refractivity contribution is 7.05. The fourth-order valence-corrected chi connectivity index (χ4v) is 3.21. The van der Waals surface area contributed by atoms with Gasteiger partial charge in [0.05, 0.1) is 6.61 Å². The van der Waals surface area contributed by atoms with Crippen LogP contribution in [0.1, 0.15) is 56.9 Å². The first-order chi connectivity index (χ1) is 7.83. The van der Waals surface area contributed by atoms with Crippen molar-refractivity contribution in [3.63, 3.8) is 0 Å². The van der Waals surface area contributed by atoms with Crippen molar-refractivity contribution >= 4 is 11.5 Å². The molecule has 1 heterocycles. The maximum atomic E-state index is 5.32. The molecule has 0 N–H and O–H groups in total. The number of nitrogens with zero attached hydrogens (tertiary/aromatic N) is 2. The molecule has 0 aliphatic heterocycles. The summed E-state index contributed by atoms with van der Waals surface area (Å²) in [4.78, 5) is 4.48. The summed E-state index contributed by atoms with van der Waals surface area (Å²) < 4.78 is 9.56. The van der Waals surface area contributed by atoms with E-state index in [1.54, 1.807) is 0 Å². The fraction of sp³-hybridized carbons (Fsp3) is 0.833. The SMILES string of the molecule is CCOc1nsc(C2CCCC(CC)C2)n1. The van der Waals surface area contributed by atoms with Crippen LogP contribution in [0, 0.1) is 5.92 Å². The average molecular weight is 240 g/mol. The van der Waals surface area contributed by atoms with Gasteiger partial charge in [-0.25, -0.2) is 0 Å². The lowest BCUT2D eigenvalue weighted by molar-refractivity contribution is 0.303. The Kier molecular flexibility index (Phi) is 4.16. The van der Waals surface area contributed by atoms with E-state index in [0.717, 1.165) is 5.92 Å². The molecule has 0 saturated heterocycles. The van der Waals surface area contributed by atoms with Gasteiger partial charge in [-0.15, -0.1) is 4.37 Å². The van der Waals surface area contributed by atoms with Crippen LogP contribution in [0.3, 0.4) is 0 Å². The predicted octanol–water partition coefficient (Wildman–Crippen LogP) is 3.62. The third kappa shape index (κ3) is 2.73. The third-order valence-corrected chi connectivity index (χ3v) is 4.27. The van der Waals surface area contributed by atoms with Gasteiger partial charge in [-0.3, -0.25) is 0 Å². The minimum atomic E-state index is 0.570. The Balaban J connectivity index is 1.99. The summed E-state index contributed by atoms with van der Waals surface area (Å²) in [5, 5.41) is 1.18. The minimum Gasteiger partial charge on any atom is -0.463 e. The fourth-order valence-electron chi connectivity index (χ4n) is 2.46. The van der Waals surface area contributed by atoms with Gasteiger partial charge in [0.15, 0.2) is 0 Å². The van der Waals surface area contributed by atoms with E-state index in [1.165, 1.54) is 48.6 Å². The van der Waals surface area contributed by atoms with Crippen molar-refractivity contribution in [3.8, 4) is 6.01 Å². The van der Waals surface area contributed by atoms with E-state index in [1.807, 2.05) is 6.92 Å². The van der Waals surface area contributed by atoms with E-state index in [4.69, 9.17) is 4.74 Å². The lowest BCUT2D eigenvalue weighted by Gasteiger charge is -2.26. The number of rotatable bonds is 4. The molecule has 1 aliphatic rings. The highest BCUT2D eigenvalue weighted by Gasteiger charge is 2.25. The van der Waals surface area contributed by atoms with Crippen LogP contribution in [0.4, 0.5) is 0 Å². The molecule has 1 saturated carbocycles. The molecule has 2 atom stereocenters. The number of hydrogen-bond acceptors (Lipinski definition) is 4. The summed E-state index contributed by atoms with van der Waals surface area (Å²) in [6.07, 6.45) is 6.60.